The Morgan fingerprint density at radius 3 is 3.13 bits per heavy atom. The molecule has 0 bridgehead atoms. The molecule has 2 rings (SSSR count). The summed E-state index contributed by atoms with van der Waals surface area (Å²) in [6.45, 7) is 2.10. The molecule has 0 saturated heterocycles. The highest BCUT2D eigenvalue weighted by Gasteiger charge is 2.09. The van der Waals surface area contributed by atoms with Crippen LogP contribution >= 0.6 is 49.9 Å². The fraction of sp³-hybridized carbons (Fsp3) is 0.214. The molecule has 0 aliphatic carbocycles. The van der Waals surface area contributed by atoms with Gasteiger partial charge in [-0.1, -0.05) is 6.07 Å². The van der Waals surface area contributed by atoms with Gasteiger partial charge in [0.05, 0.1) is 33.0 Å². The molecule has 1 heterocycles. The van der Waals surface area contributed by atoms with Gasteiger partial charge in [0.1, 0.15) is 0 Å². The predicted octanol–water partition coefficient (Wildman–Crippen LogP) is 4.20. The van der Waals surface area contributed by atoms with E-state index in [0.29, 0.717) is 31.0 Å². The third-order valence-corrected chi connectivity index (χ3v) is 5.12. The fourth-order valence-electron chi connectivity index (χ4n) is 1.60. The maximum Gasteiger partial charge on any atom is 0.311 e. The number of aromatic nitrogens is 1. The van der Waals surface area contributed by atoms with E-state index in [-0.39, 0.29) is 18.2 Å². The van der Waals surface area contributed by atoms with Crippen molar-refractivity contribution >= 4 is 67.2 Å². The molecule has 23 heavy (non-hydrogen) atoms. The zero-order chi connectivity index (χ0) is 16.8. The summed E-state index contributed by atoms with van der Waals surface area (Å²) in [6, 6.07) is 3.38. The molecular formula is C14H12BrFIN3O2S. The Labute approximate surface area is 158 Å². The maximum atomic E-state index is 13.7. The first-order valence-corrected chi connectivity index (χ1v) is 9.29. The van der Waals surface area contributed by atoms with E-state index >= 15 is 0 Å². The number of rotatable bonds is 6. The number of carbonyl (C=O) groups is 1. The van der Waals surface area contributed by atoms with Gasteiger partial charge in [-0.2, -0.15) is 5.10 Å². The summed E-state index contributed by atoms with van der Waals surface area (Å²) in [6.07, 6.45) is 1.65. The molecule has 0 atom stereocenters. The van der Waals surface area contributed by atoms with Crippen molar-refractivity contribution < 1.29 is 13.9 Å². The zero-order valence-corrected chi connectivity index (χ0v) is 16.5. The number of benzene rings is 1. The lowest BCUT2D eigenvalue weighted by Gasteiger charge is -2.01. The lowest BCUT2D eigenvalue weighted by molar-refractivity contribution is -0.142. The number of hydrogen-bond donors (Lipinski definition) is 1. The molecule has 9 heteroatoms. The minimum absolute atomic E-state index is 0.131. The Balaban J connectivity index is 1.97. The number of nitrogens with one attached hydrogen (secondary N) is 1. The van der Waals surface area contributed by atoms with E-state index in [2.05, 4.69) is 31.4 Å². The first-order valence-electron chi connectivity index (χ1n) is 6.53. The van der Waals surface area contributed by atoms with Gasteiger partial charge in [-0.25, -0.2) is 9.37 Å². The molecule has 0 unspecified atom stereocenters. The highest BCUT2D eigenvalue weighted by Crippen LogP contribution is 2.23. The SMILES string of the molecule is CCOC(=O)Cc1csc(NN=Cc2ccc(Br)c(F)c2I)n1. The Bertz CT molecular complexity index is 739. The second-order valence-electron chi connectivity index (χ2n) is 4.26. The van der Waals surface area contributed by atoms with Crippen LogP contribution in [0.3, 0.4) is 0 Å². The maximum absolute atomic E-state index is 13.7. The summed E-state index contributed by atoms with van der Waals surface area (Å²) in [5, 5.41) is 6.35. The zero-order valence-electron chi connectivity index (χ0n) is 12.0. The molecule has 1 aromatic carbocycles. The van der Waals surface area contributed by atoms with E-state index in [4.69, 9.17) is 4.74 Å². The summed E-state index contributed by atoms with van der Waals surface area (Å²) in [5.74, 6) is -0.631. The molecule has 5 nitrogen and oxygen atoms in total. The van der Waals surface area contributed by atoms with Crippen LogP contribution in [-0.2, 0) is 16.0 Å². The van der Waals surface area contributed by atoms with Crippen molar-refractivity contribution in [3.8, 4) is 0 Å². The van der Waals surface area contributed by atoms with Gasteiger partial charge in [-0.3, -0.25) is 10.2 Å². The van der Waals surface area contributed by atoms with Crippen LogP contribution < -0.4 is 5.43 Å². The summed E-state index contributed by atoms with van der Waals surface area (Å²) < 4.78 is 19.5. The highest BCUT2D eigenvalue weighted by molar-refractivity contribution is 14.1. The summed E-state index contributed by atoms with van der Waals surface area (Å²) in [5.41, 5.74) is 4.04. The number of hydrogen-bond acceptors (Lipinski definition) is 6. The predicted molar refractivity (Wildman–Crippen MR) is 100 cm³/mol. The molecular weight excluding hydrogens is 500 g/mol. The Morgan fingerprint density at radius 1 is 1.61 bits per heavy atom. The van der Waals surface area contributed by atoms with E-state index < -0.39 is 0 Å². The van der Waals surface area contributed by atoms with Gasteiger partial charge < -0.3 is 4.74 Å². The van der Waals surface area contributed by atoms with Gasteiger partial charge in [0.2, 0.25) is 5.13 Å². The molecule has 0 aliphatic heterocycles. The second kappa shape index (κ2) is 8.69. The van der Waals surface area contributed by atoms with Gasteiger partial charge in [0.15, 0.2) is 5.82 Å². The Morgan fingerprint density at radius 2 is 2.39 bits per heavy atom. The van der Waals surface area contributed by atoms with Gasteiger partial charge in [-0.05, 0) is 51.5 Å². The average molecular weight is 512 g/mol. The van der Waals surface area contributed by atoms with Crippen molar-refractivity contribution in [3.05, 3.63) is 42.6 Å². The third-order valence-electron chi connectivity index (χ3n) is 2.61. The number of ether oxygens (including phenoxy) is 1. The van der Waals surface area contributed by atoms with Crippen LogP contribution in [0.5, 0.6) is 0 Å². The third kappa shape index (κ3) is 5.21. The van der Waals surface area contributed by atoms with Crippen molar-refractivity contribution in [2.24, 2.45) is 5.10 Å². The molecule has 0 aliphatic rings. The number of anilines is 1. The Hall–Kier alpha value is -1.07. The lowest BCUT2D eigenvalue weighted by Crippen LogP contribution is -2.07. The van der Waals surface area contributed by atoms with Crippen LogP contribution in [0.1, 0.15) is 18.2 Å². The van der Waals surface area contributed by atoms with E-state index in [9.17, 15) is 9.18 Å². The van der Waals surface area contributed by atoms with Gasteiger partial charge in [-0.15, -0.1) is 11.3 Å². The van der Waals surface area contributed by atoms with E-state index in [1.807, 2.05) is 22.6 Å². The van der Waals surface area contributed by atoms with Crippen molar-refractivity contribution in [3.63, 3.8) is 0 Å². The molecule has 0 amide bonds. The van der Waals surface area contributed by atoms with Crippen LogP contribution in [0, 0.1) is 9.39 Å². The number of halogens is 3. The van der Waals surface area contributed by atoms with Crippen molar-refractivity contribution in [1.82, 2.24) is 4.98 Å². The minimum Gasteiger partial charge on any atom is -0.466 e. The minimum atomic E-state index is -0.319. The van der Waals surface area contributed by atoms with Crippen molar-refractivity contribution in [2.45, 2.75) is 13.3 Å². The fourth-order valence-corrected chi connectivity index (χ4v) is 3.57. The number of esters is 1. The molecule has 2 aromatic rings. The summed E-state index contributed by atoms with van der Waals surface area (Å²) in [4.78, 5) is 15.6. The van der Waals surface area contributed by atoms with Crippen LogP contribution in [-0.4, -0.2) is 23.8 Å². The molecule has 1 N–H and O–H groups in total. The average Bonchev–Trinajstić information content (AvgIpc) is 2.95. The molecule has 122 valence electrons. The van der Waals surface area contributed by atoms with E-state index in [0.717, 1.165) is 0 Å². The first kappa shape index (κ1) is 18.3. The highest BCUT2D eigenvalue weighted by atomic mass is 127. The van der Waals surface area contributed by atoms with Gasteiger partial charge >= 0.3 is 5.97 Å². The number of thiazole rings is 1. The Kier molecular flexibility index (Phi) is 6.90. The summed E-state index contributed by atoms with van der Waals surface area (Å²) >= 11 is 6.38. The van der Waals surface area contributed by atoms with Crippen LogP contribution in [0.25, 0.3) is 0 Å². The van der Waals surface area contributed by atoms with E-state index in [1.165, 1.54) is 17.6 Å². The number of carbonyl (C=O) groups excluding carboxylic acids is 1. The molecule has 1 aromatic heterocycles. The normalized spacial score (nSPS) is 11.0. The largest absolute Gasteiger partial charge is 0.466 e. The molecule has 0 radical (unpaired) electrons. The monoisotopic (exact) mass is 511 g/mol. The van der Waals surface area contributed by atoms with Crippen LogP contribution in [0.2, 0.25) is 0 Å². The van der Waals surface area contributed by atoms with Gasteiger partial charge in [0.25, 0.3) is 0 Å². The van der Waals surface area contributed by atoms with E-state index in [1.54, 1.807) is 24.4 Å². The molecule has 0 saturated carbocycles. The first-order chi connectivity index (χ1) is 11.0. The quantitative estimate of drug-likeness (QED) is 0.207. The summed E-state index contributed by atoms with van der Waals surface area (Å²) in [7, 11) is 0. The van der Waals surface area contributed by atoms with Gasteiger partial charge in [0, 0.05) is 10.9 Å². The number of nitrogens with zero attached hydrogens (tertiary/aromatic N) is 2. The van der Waals surface area contributed by atoms with Crippen LogP contribution in [0.4, 0.5) is 9.52 Å². The standard InChI is InChI=1S/C14H12BrFIN3O2S/c1-2-22-11(21)5-9-7-23-14(19-9)20-18-6-8-3-4-10(15)12(16)13(8)17/h3-4,6-7H,2,5H2,1H3,(H,19,20). The lowest BCUT2D eigenvalue weighted by atomic mass is 10.2. The second-order valence-corrected chi connectivity index (χ2v) is 7.05. The van der Waals surface area contributed by atoms with Crippen molar-refractivity contribution in [2.75, 3.05) is 12.0 Å². The number of hydrazone groups is 1. The topological polar surface area (TPSA) is 63.6 Å². The van der Waals surface area contributed by atoms with Crippen molar-refractivity contribution in [1.29, 1.82) is 0 Å². The van der Waals surface area contributed by atoms with Crippen LogP contribution in [0.15, 0.2) is 27.1 Å². The molecule has 0 spiro atoms. The smallest absolute Gasteiger partial charge is 0.311 e. The molecule has 0 fully saturated rings.